The van der Waals surface area contributed by atoms with Crippen LogP contribution in [0.4, 0.5) is 0 Å². The zero-order valence-electron chi connectivity index (χ0n) is 23.9. The minimum absolute atomic E-state index is 0.0149. The van der Waals surface area contributed by atoms with Gasteiger partial charge in [0.15, 0.2) is 0 Å². The summed E-state index contributed by atoms with van der Waals surface area (Å²) in [4.78, 5) is 24.7. The summed E-state index contributed by atoms with van der Waals surface area (Å²) in [5.74, 6) is -0.175. The average Bonchev–Trinajstić information content (AvgIpc) is 2.75. The Morgan fingerprint density at radius 1 is 0.861 bits per heavy atom. The van der Waals surface area contributed by atoms with Gasteiger partial charge < -0.3 is 9.84 Å². The van der Waals surface area contributed by atoms with E-state index < -0.39 is 11.4 Å². The number of carboxylic acids is 1. The third-order valence-corrected chi connectivity index (χ3v) is 12.7. The van der Waals surface area contributed by atoms with Gasteiger partial charge in [0, 0.05) is 12.3 Å². The third kappa shape index (κ3) is 3.24. The number of aliphatic carboxylic acids is 1. The minimum Gasteiger partial charge on any atom is -0.481 e. The van der Waals surface area contributed by atoms with Gasteiger partial charge in [0.2, 0.25) is 0 Å². The van der Waals surface area contributed by atoms with Gasteiger partial charge in [0.25, 0.3) is 0 Å². The van der Waals surface area contributed by atoms with Crippen LogP contribution in [0, 0.1) is 44.3 Å². The molecule has 4 nitrogen and oxygen atoms in total. The Labute approximate surface area is 218 Å². The highest BCUT2D eigenvalue weighted by Crippen LogP contribution is 2.74. The lowest BCUT2D eigenvalue weighted by Crippen LogP contribution is -2.62. The normalized spacial score (nSPS) is 46.6. The lowest BCUT2D eigenvalue weighted by molar-refractivity contribution is -0.173. The van der Waals surface area contributed by atoms with Crippen molar-refractivity contribution in [1.82, 2.24) is 0 Å². The number of carbonyl (C=O) groups is 2. The van der Waals surface area contributed by atoms with Gasteiger partial charge in [-0.2, -0.15) is 0 Å². The Bertz CT molecular complexity index is 1050. The first-order valence-corrected chi connectivity index (χ1v) is 14.4. The summed E-state index contributed by atoms with van der Waals surface area (Å²) < 4.78 is 5.85. The number of allylic oxidation sites excluding steroid dienone is 4. The van der Waals surface area contributed by atoms with Gasteiger partial charge in [-0.05, 0) is 91.3 Å². The molecule has 7 atom stereocenters. The Hall–Kier alpha value is -1.58. The van der Waals surface area contributed by atoms with Gasteiger partial charge in [-0.15, -0.1) is 0 Å². The first kappa shape index (κ1) is 26.0. The van der Waals surface area contributed by atoms with Crippen LogP contribution in [0.25, 0.3) is 0 Å². The summed E-state index contributed by atoms with van der Waals surface area (Å²) in [6.45, 7) is 18.3. The second kappa shape index (κ2) is 7.73. The number of carboxylic acid groups (broad SMARTS) is 1. The molecule has 0 aliphatic heterocycles. The molecule has 4 fully saturated rings. The van der Waals surface area contributed by atoms with E-state index in [1.54, 1.807) is 5.57 Å². The van der Waals surface area contributed by atoms with E-state index in [1.165, 1.54) is 12.5 Å². The molecule has 5 aliphatic carbocycles. The predicted octanol–water partition coefficient (Wildman–Crippen LogP) is 7.72. The number of hydrogen-bond acceptors (Lipinski definition) is 3. The van der Waals surface area contributed by atoms with Gasteiger partial charge in [0.1, 0.15) is 6.10 Å². The lowest BCUT2D eigenvalue weighted by atomic mass is 9.36. The van der Waals surface area contributed by atoms with Crippen LogP contribution in [0.3, 0.4) is 0 Å². The topological polar surface area (TPSA) is 63.6 Å². The van der Waals surface area contributed by atoms with Crippen LogP contribution in [-0.4, -0.2) is 23.1 Å². The molecule has 5 rings (SSSR count). The second-order valence-electron chi connectivity index (χ2n) is 15.2. The quantitative estimate of drug-likeness (QED) is 0.397. The van der Waals surface area contributed by atoms with Crippen LogP contribution in [-0.2, 0) is 14.3 Å². The fourth-order valence-corrected chi connectivity index (χ4v) is 10.3. The number of carbonyl (C=O) groups excluding carboxylic acids is 1. The monoisotopic (exact) mass is 496 g/mol. The van der Waals surface area contributed by atoms with Gasteiger partial charge in [-0.3, -0.25) is 9.59 Å². The molecule has 0 bridgehead atoms. The van der Waals surface area contributed by atoms with Crippen molar-refractivity contribution in [1.29, 1.82) is 0 Å². The maximum atomic E-state index is 12.8. The summed E-state index contributed by atoms with van der Waals surface area (Å²) in [7, 11) is 0. The standard InChI is InChI=1S/C32H48O4/c1-20(33)36-25-12-13-29(6)23(28(25,4)5)11-14-31(8)24(29)10-9-21-22-19-27(2,3)15-17-32(22,26(34)35)18-16-30(21,31)7/h9-10,22-23,25H,11-19H2,1-8H3,(H,34,35)/t22-,23-,25+,29-,30+,31+,32-/m0/s1. The number of rotatable bonds is 2. The van der Waals surface area contributed by atoms with E-state index in [9.17, 15) is 14.7 Å². The van der Waals surface area contributed by atoms with Crippen molar-refractivity contribution in [3.05, 3.63) is 23.3 Å². The molecule has 200 valence electrons. The Morgan fingerprint density at radius 2 is 1.53 bits per heavy atom. The van der Waals surface area contributed by atoms with Crippen LogP contribution >= 0.6 is 0 Å². The third-order valence-electron chi connectivity index (χ3n) is 12.7. The lowest BCUT2D eigenvalue weighted by Gasteiger charge is -2.68. The van der Waals surface area contributed by atoms with Crippen LogP contribution in [0.1, 0.15) is 113 Å². The average molecular weight is 497 g/mol. The SMILES string of the molecule is CC(=O)O[C@@H]1CC[C@]2(C)C3=CC=C4[C@@H]5CC(C)(C)CC[C@]5(C(=O)O)CC[C@@]4(C)[C@]3(C)CC[C@H]2C1(C)C. The van der Waals surface area contributed by atoms with Crippen molar-refractivity contribution < 1.29 is 19.4 Å². The highest BCUT2D eigenvalue weighted by atomic mass is 16.5. The highest BCUT2D eigenvalue weighted by Gasteiger charge is 2.67. The van der Waals surface area contributed by atoms with E-state index >= 15 is 0 Å². The summed E-state index contributed by atoms with van der Waals surface area (Å²) in [5, 5.41) is 10.5. The fraction of sp³-hybridized carbons (Fsp3) is 0.812. The molecule has 4 heteroatoms. The fourth-order valence-electron chi connectivity index (χ4n) is 10.3. The van der Waals surface area contributed by atoms with Gasteiger partial charge in [0.05, 0.1) is 5.41 Å². The Balaban J connectivity index is 1.60. The second-order valence-corrected chi connectivity index (χ2v) is 15.2. The summed E-state index contributed by atoms with van der Waals surface area (Å²) in [5.41, 5.74) is 2.56. The first-order chi connectivity index (χ1) is 16.5. The maximum Gasteiger partial charge on any atom is 0.310 e. The molecule has 0 unspecified atom stereocenters. The molecule has 1 N–H and O–H groups in total. The minimum atomic E-state index is -0.603. The molecule has 4 saturated carbocycles. The van der Waals surface area contributed by atoms with E-state index in [4.69, 9.17) is 4.74 Å². The van der Waals surface area contributed by atoms with Gasteiger partial charge in [-0.25, -0.2) is 0 Å². The zero-order valence-corrected chi connectivity index (χ0v) is 23.9. The van der Waals surface area contributed by atoms with Crippen LogP contribution in [0.2, 0.25) is 0 Å². The molecular weight excluding hydrogens is 448 g/mol. The van der Waals surface area contributed by atoms with Crippen molar-refractivity contribution in [3.8, 4) is 0 Å². The van der Waals surface area contributed by atoms with E-state index in [1.807, 2.05) is 0 Å². The molecule has 0 saturated heterocycles. The predicted molar refractivity (Wildman–Crippen MR) is 142 cm³/mol. The number of hydrogen-bond donors (Lipinski definition) is 1. The van der Waals surface area contributed by atoms with Crippen LogP contribution < -0.4 is 0 Å². The van der Waals surface area contributed by atoms with E-state index in [0.29, 0.717) is 5.92 Å². The summed E-state index contributed by atoms with van der Waals surface area (Å²) >= 11 is 0. The smallest absolute Gasteiger partial charge is 0.310 e. The van der Waals surface area contributed by atoms with Crippen molar-refractivity contribution in [2.75, 3.05) is 0 Å². The summed E-state index contributed by atoms with van der Waals surface area (Å²) in [6, 6.07) is 0. The molecular formula is C32H48O4. The molecule has 0 amide bonds. The van der Waals surface area contributed by atoms with Crippen molar-refractivity contribution in [3.63, 3.8) is 0 Å². The molecule has 0 aromatic rings. The van der Waals surface area contributed by atoms with E-state index in [2.05, 4.69) is 60.6 Å². The molecule has 0 aromatic carbocycles. The summed E-state index contributed by atoms with van der Waals surface area (Å²) in [6.07, 6.45) is 13.5. The van der Waals surface area contributed by atoms with Crippen LogP contribution in [0.15, 0.2) is 23.3 Å². The zero-order chi connectivity index (χ0) is 26.5. The highest BCUT2D eigenvalue weighted by molar-refractivity contribution is 5.77. The largest absolute Gasteiger partial charge is 0.481 e. The van der Waals surface area contributed by atoms with Crippen molar-refractivity contribution in [2.45, 2.75) is 119 Å². The first-order valence-electron chi connectivity index (χ1n) is 14.4. The van der Waals surface area contributed by atoms with Crippen molar-refractivity contribution in [2.24, 2.45) is 44.3 Å². The molecule has 0 radical (unpaired) electrons. The van der Waals surface area contributed by atoms with Gasteiger partial charge in [-0.1, -0.05) is 71.8 Å². The molecule has 0 spiro atoms. The number of fused-ring (bicyclic) bond motifs is 7. The van der Waals surface area contributed by atoms with Crippen molar-refractivity contribution >= 4 is 11.9 Å². The molecule has 5 aliphatic rings. The van der Waals surface area contributed by atoms with E-state index in [-0.39, 0.29) is 45.1 Å². The van der Waals surface area contributed by atoms with Crippen LogP contribution in [0.5, 0.6) is 0 Å². The maximum absolute atomic E-state index is 12.8. The molecule has 0 aromatic heterocycles. The van der Waals surface area contributed by atoms with E-state index in [0.717, 1.165) is 57.8 Å². The molecule has 36 heavy (non-hydrogen) atoms. The number of esters is 1. The number of ether oxygens (including phenoxy) is 1. The Kier molecular flexibility index (Phi) is 5.59. The molecule has 0 heterocycles. The van der Waals surface area contributed by atoms with Gasteiger partial charge >= 0.3 is 11.9 Å². The Morgan fingerprint density at radius 3 is 2.17 bits per heavy atom.